The van der Waals surface area contributed by atoms with E-state index in [1.807, 2.05) is 56.3 Å². The Bertz CT molecular complexity index is 871. The Morgan fingerprint density at radius 3 is 2.44 bits per heavy atom. The lowest BCUT2D eigenvalue weighted by atomic mass is 9.79. The second-order valence-corrected chi connectivity index (χ2v) is 7.59. The molecule has 2 aromatic rings. The molecule has 3 atom stereocenters. The van der Waals surface area contributed by atoms with Gasteiger partial charge in [-0.25, -0.2) is 0 Å². The van der Waals surface area contributed by atoms with Crippen LogP contribution in [0, 0.1) is 6.92 Å². The molecule has 0 spiro atoms. The minimum absolute atomic E-state index is 0.0951. The fourth-order valence-corrected chi connectivity index (χ4v) is 4.08. The van der Waals surface area contributed by atoms with Crippen LogP contribution in [0.15, 0.2) is 42.5 Å². The molecule has 2 aromatic carbocycles. The summed E-state index contributed by atoms with van der Waals surface area (Å²) in [4.78, 5) is 25.6. The van der Waals surface area contributed by atoms with Crippen molar-refractivity contribution in [2.24, 2.45) is 0 Å². The van der Waals surface area contributed by atoms with Gasteiger partial charge in [-0.2, -0.15) is 0 Å². The smallest absolute Gasteiger partial charge is 0.179 e. The number of benzene rings is 2. The minimum atomic E-state index is -0.815. The first-order valence-electron chi connectivity index (χ1n) is 8.51. The van der Waals surface area contributed by atoms with Gasteiger partial charge >= 0.3 is 0 Å². The van der Waals surface area contributed by atoms with Crippen LogP contribution in [0.5, 0.6) is 0 Å². The molecule has 2 bridgehead atoms. The molecule has 2 aliphatic heterocycles. The van der Waals surface area contributed by atoms with Gasteiger partial charge in [0.25, 0.3) is 0 Å². The average molecular weight is 355 g/mol. The van der Waals surface area contributed by atoms with E-state index in [4.69, 9.17) is 16.3 Å². The highest BCUT2D eigenvalue weighted by molar-refractivity contribution is 6.30. The van der Waals surface area contributed by atoms with Crippen molar-refractivity contribution in [1.82, 2.24) is 0 Å². The molecule has 2 aliphatic rings. The van der Waals surface area contributed by atoms with E-state index in [2.05, 4.69) is 0 Å². The van der Waals surface area contributed by atoms with Crippen LogP contribution in [-0.2, 0) is 14.3 Å². The van der Waals surface area contributed by atoms with Crippen LogP contribution in [0.25, 0.3) is 11.1 Å². The van der Waals surface area contributed by atoms with Gasteiger partial charge in [-0.05, 0) is 61.1 Å². The number of Topliss-reactive ketones (excluding diaryl/α,β-unsaturated/α-hetero) is 2. The minimum Gasteiger partial charge on any atom is -0.356 e. The third kappa shape index (κ3) is 2.62. The summed E-state index contributed by atoms with van der Waals surface area (Å²) in [5, 5.41) is 0.694. The molecule has 3 nitrogen and oxygen atoms in total. The summed E-state index contributed by atoms with van der Waals surface area (Å²) in [6, 6.07) is 13.5. The fraction of sp³-hybridized carbons (Fsp3) is 0.333. The first kappa shape index (κ1) is 16.5. The average Bonchev–Trinajstić information content (AvgIpc) is 2.97. The van der Waals surface area contributed by atoms with Gasteiger partial charge < -0.3 is 4.74 Å². The van der Waals surface area contributed by atoms with Crippen molar-refractivity contribution in [3.63, 3.8) is 0 Å². The van der Waals surface area contributed by atoms with E-state index in [0.717, 1.165) is 22.3 Å². The number of hydrogen-bond acceptors (Lipinski definition) is 3. The predicted octanol–water partition coefficient (Wildman–Crippen LogP) is 4.49. The maximum atomic E-state index is 12.9. The Hall–Kier alpha value is -1.97. The molecule has 0 aliphatic carbocycles. The lowest BCUT2D eigenvalue weighted by Gasteiger charge is -2.33. The third-order valence-electron chi connectivity index (χ3n) is 5.43. The molecule has 2 saturated heterocycles. The van der Waals surface area contributed by atoms with Crippen molar-refractivity contribution in [3.8, 4) is 11.1 Å². The van der Waals surface area contributed by atoms with Gasteiger partial charge in [0.05, 0.1) is 0 Å². The number of fused-ring (bicyclic) bond motifs is 2. The van der Waals surface area contributed by atoms with E-state index in [1.54, 1.807) is 0 Å². The van der Waals surface area contributed by atoms with Crippen LogP contribution in [0.1, 0.15) is 36.8 Å². The van der Waals surface area contributed by atoms with E-state index in [1.165, 1.54) is 0 Å². The number of ether oxygens (including phenoxy) is 1. The normalized spacial score (nSPS) is 28.4. The van der Waals surface area contributed by atoms with E-state index in [-0.39, 0.29) is 11.6 Å². The molecule has 0 N–H and O–H groups in total. The van der Waals surface area contributed by atoms with Crippen LogP contribution < -0.4 is 0 Å². The molecule has 0 aromatic heterocycles. The lowest BCUT2D eigenvalue weighted by Crippen LogP contribution is -2.49. The van der Waals surface area contributed by atoms with Crippen molar-refractivity contribution in [3.05, 3.63) is 58.6 Å². The van der Waals surface area contributed by atoms with Gasteiger partial charge in [0.15, 0.2) is 11.6 Å². The highest BCUT2D eigenvalue weighted by atomic mass is 35.5. The number of carbonyl (C=O) groups excluding carboxylic acids is 2. The number of halogens is 1. The number of rotatable bonds is 2. The molecular weight excluding hydrogens is 336 g/mol. The molecule has 0 saturated carbocycles. The summed E-state index contributed by atoms with van der Waals surface area (Å²) in [5.41, 5.74) is 3.03. The van der Waals surface area contributed by atoms with Crippen molar-refractivity contribution < 1.29 is 14.3 Å². The second-order valence-electron chi connectivity index (χ2n) is 7.15. The molecular formula is C21H19ClO3. The zero-order chi connectivity index (χ0) is 17.8. The van der Waals surface area contributed by atoms with Gasteiger partial charge in [-0.1, -0.05) is 41.9 Å². The molecule has 0 amide bonds. The topological polar surface area (TPSA) is 43.4 Å². The second kappa shape index (κ2) is 5.79. The molecule has 2 fully saturated rings. The van der Waals surface area contributed by atoms with Crippen LogP contribution in [0.4, 0.5) is 0 Å². The Labute approximate surface area is 152 Å². The van der Waals surface area contributed by atoms with Gasteiger partial charge in [0, 0.05) is 5.02 Å². The first-order chi connectivity index (χ1) is 11.9. The zero-order valence-corrected chi connectivity index (χ0v) is 15.0. The van der Waals surface area contributed by atoms with Crippen LogP contribution in [-0.4, -0.2) is 23.3 Å². The van der Waals surface area contributed by atoms with Gasteiger partial charge in [-0.3, -0.25) is 9.59 Å². The van der Waals surface area contributed by atoms with Crippen LogP contribution in [0.3, 0.4) is 0 Å². The molecule has 2 heterocycles. The van der Waals surface area contributed by atoms with E-state index in [9.17, 15) is 9.59 Å². The lowest BCUT2D eigenvalue weighted by molar-refractivity contribution is -0.160. The predicted molar refractivity (Wildman–Crippen MR) is 96.9 cm³/mol. The van der Waals surface area contributed by atoms with E-state index < -0.39 is 17.6 Å². The number of aryl methyl sites for hydroxylation is 1. The molecule has 0 radical (unpaired) electrons. The summed E-state index contributed by atoms with van der Waals surface area (Å²) < 4.78 is 5.69. The van der Waals surface area contributed by atoms with Crippen LogP contribution >= 0.6 is 11.6 Å². The molecule has 4 rings (SSSR count). The molecule has 128 valence electrons. The van der Waals surface area contributed by atoms with Gasteiger partial charge in [0.1, 0.15) is 17.6 Å². The highest BCUT2D eigenvalue weighted by Gasteiger charge is 2.55. The van der Waals surface area contributed by atoms with Gasteiger partial charge in [-0.15, -0.1) is 0 Å². The summed E-state index contributed by atoms with van der Waals surface area (Å²) in [5.74, 6) is -0.901. The summed E-state index contributed by atoms with van der Waals surface area (Å²) >= 11 is 5.95. The number of hydrogen-bond donors (Lipinski definition) is 0. The SMILES string of the molecule is Cc1cc(-c2ccc(Cl)cc2)ccc1C1C(=O)[C@@H]2CC[C@@](C)(O2)C1=O. The van der Waals surface area contributed by atoms with E-state index in [0.29, 0.717) is 17.9 Å². The Morgan fingerprint density at radius 1 is 1.08 bits per heavy atom. The largest absolute Gasteiger partial charge is 0.356 e. The number of carbonyl (C=O) groups is 2. The zero-order valence-electron chi connectivity index (χ0n) is 14.2. The summed E-state index contributed by atoms with van der Waals surface area (Å²) in [6.45, 7) is 3.77. The Kier molecular flexibility index (Phi) is 3.82. The standard InChI is InChI=1S/C21H19ClO3/c1-12-11-14(13-3-6-15(22)7-4-13)5-8-16(12)18-19(23)17-9-10-21(2,25-17)20(18)24/h3-8,11,17-18H,9-10H2,1-2H3/t17-,18?,21+/m0/s1. The third-order valence-corrected chi connectivity index (χ3v) is 5.68. The maximum absolute atomic E-state index is 12.9. The van der Waals surface area contributed by atoms with Crippen molar-refractivity contribution in [1.29, 1.82) is 0 Å². The Morgan fingerprint density at radius 2 is 1.76 bits per heavy atom. The monoisotopic (exact) mass is 354 g/mol. The van der Waals surface area contributed by atoms with Crippen LogP contribution in [0.2, 0.25) is 5.02 Å². The number of ketones is 2. The molecule has 25 heavy (non-hydrogen) atoms. The van der Waals surface area contributed by atoms with Crippen molar-refractivity contribution >= 4 is 23.2 Å². The summed E-state index contributed by atoms with van der Waals surface area (Å²) in [7, 11) is 0. The van der Waals surface area contributed by atoms with Crippen molar-refractivity contribution in [2.45, 2.75) is 44.3 Å². The van der Waals surface area contributed by atoms with Crippen molar-refractivity contribution in [2.75, 3.05) is 0 Å². The van der Waals surface area contributed by atoms with Gasteiger partial charge in [0.2, 0.25) is 0 Å². The first-order valence-corrected chi connectivity index (χ1v) is 8.89. The molecule has 4 heteroatoms. The quantitative estimate of drug-likeness (QED) is 0.746. The molecule has 1 unspecified atom stereocenters. The Balaban J connectivity index is 1.73. The highest BCUT2D eigenvalue weighted by Crippen LogP contribution is 2.44. The summed E-state index contributed by atoms with van der Waals surface area (Å²) in [6.07, 6.45) is 0.822. The van der Waals surface area contributed by atoms with E-state index >= 15 is 0 Å². The maximum Gasteiger partial charge on any atom is 0.179 e. The fourth-order valence-electron chi connectivity index (χ4n) is 3.96.